The summed E-state index contributed by atoms with van der Waals surface area (Å²) < 4.78 is 44.0. The van der Waals surface area contributed by atoms with Crippen molar-refractivity contribution >= 4 is 23.0 Å². The Morgan fingerprint density at radius 1 is 1.26 bits per heavy atom. The quantitative estimate of drug-likeness (QED) is 0.871. The lowest BCUT2D eigenvalue weighted by Crippen LogP contribution is -2.48. The molecule has 4 rings (SSSR count). The SMILES string of the molecule is COc1cc(N2CCC3(O)C(=O)c4cc(C(F)(F)F)ccc4N=C23)ccn1. The predicted octanol–water partition coefficient (Wildman–Crippen LogP) is 2.98. The number of ketones is 1. The molecule has 0 saturated carbocycles. The van der Waals surface area contributed by atoms with E-state index >= 15 is 0 Å². The van der Waals surface area contributed by atoms with Gasteiger partial charge < -0.3 is 14.7 Å². The molecule has 0 bridgehead atoms. The van der Waals surface area contributed by atoms with Gasteiger partial charge in [0, 0.05) is 36.5 Å². The number of fused-ring (bicyclic) bond motifs is 2. The van der Waals surface area contributed by atoms with Crippen molar-refractivity contribution in [2.24, 2.45) is 4.99 Å². The normalized spacial score (nSPS) is 21.6. The first-order valence-corrected chi connectivity index (χ1v) is 8.09. The molecule has 2 aliphatic heterocycles. The van der Waals surface area contributed by atoms with Crippen LogP contribution in [0, 0.1) is 0 Å². The Morgan fingerprint density at radius 3 is 2.74 bits per heavy atom. The van der Waals surface area contributed by atoms with Gasteiger partial charge in [-0.1, -0.05) is 0 Å². The highest BCUT2D eigenvalue weighted by Gasteiger charge is 2.52. The van der Waals surface area contributed by atoms with Gasteiger partial charge in [0.1, 0.15) is 5.84 Å². The lowest BCUT2D eigenvalue weighted by atomic mass is 9.87. The zero-order valence-electron chi connectivity index (χ0n) is 14.1. The van der Waals surface area contributed by atoms with Gasteiger partial charge in [-0.15, -0.1) is 0 Å². The average molecular weight is 377 g/mol. The standard InChI is InChI=1S/C18H14F3N3O3/c1-27-14-9-11(4-6-22-14)24-7-5-17(26)15(25)12-8-10(18(19,20)21)2-3-13(12)23-16(17)24/h2-4,6,8-9,26H,5,7H2,1H3. The van der Waals surface area contributed by atoms with E-state index in [0.29, 0.717) is 11.6 Å². The second kappa shape index (κ2) is 5.78. The Morgan fingerprint density at radius 2 is 2.04 bits per heavy atom. The van der Waals surface area contributed by atoms with Gasteiger partial charge in [-0.2, -0.15) is 13.2 Å². The van der Waals surface area contributed by atoms with Crippen LogP contribution in [0.15, 0.2) is 41.5 Å². The molecule has 0 radical (unpaired) electrons. The molecule has 1 N–H and O–H groups in total. The van der Waals surface area contributed by atoms with Gasteiger partial charge in [-0.3, -0.25) is 4.79 Å². The minimum absolute atomic E-state index is 0.0188. The summed E-state index contributed by atoms with van der Waals surface area (Å²) >= 11 is 0. The number of hydrogen-bond acceptors (Lipinski definition) is 6. The van der Waals surface area contributed by atoms with Gasteiger partial charge >= 0.3 is 6.18 Å². The molecule has 1 fully saturated rings. The fraction of sp³-hybridized carbons (Fsp3) is 0.278. The van der Waals surface area contributed by atoms with Crippen molar-refractivity contribution < 1.29 is 27.8 Å². The lowest BCUT2D eigenvalue weighted by molar-refractivity contribution is -0.137. The zero-order chi connectivity index (χ0) is 19.4. The maximum atomic E-state index is 13.0. The van der Waals surface area contributed by atoms with Crippen LogP contribution in [0.4, 0.5) is 24.5 Å². The minimum atomic E-state index is -4.59. The molecule has 2 aromatic rings. The maximum Gasteiger partial charge on any atom is 0.416 e. The summed E-state index contributed by atoms with van der Waals surface area (Å²) in [5, 5.41) is 10.9. The highest BCUT2D eigenvalue weighted by atomic mass is 19.4. The fourth-order valence-corrected chi connectivity index (χ4v) is 3.34. The molecular formula is C18H14F3N3O3. The summed E-state index contributed by atoms with van der Waals surface area (Å²) in [6, 6.07) is 6.06. The molecule has 1 atom stereocenters. The summed E-state index contributed by atoms with van der Waals surface area (Å²) in [5.41, 5.74) is -2.44. The van der Waals surface area contributed by atoms with Crippen molar-refractivity contribution in [1.29, 1.82) is 0 Å². The molecule has 27 heavy (non-hydrogen) atoms. The summed E-state index contributed by atoms with van der Waals surface area (Å²) in [6.07, 6.45) is -3.05. The second-order valence-electron chi connectivity index (χ2n) is 6.31. The molecule has 9 heteroatoms. The molecule has 1 unspecified atom stereocenters. The van der Waals surface area contributed by atoms with Crippen LogP contribution in [0.25, 0.3) is 0 Å². The third-order valence-corrected chi connectivity index (χ3v) is 4.73. The van der Waals surface area contributed by atoms with E-state index in [1.807, 2.05) is 0 Å². The lowest BCUT2D eigenvalue weighted by Gasteiger charge is -2.30. The molecular weight excluding hydrogens is 363 g/mol. The Balaban J connectivity index is 1.82. The number of amidine groups is 1. The number of rotatable bonds is 2. The van der Waals surface area contributed by atoms with E-state index in [-0.39, 0.29) is 30.1 Å². The van der Waals surface area contributed by atoms with Gasteiger partial charge in [-0.05, 0) is 24.3 Å². The number of alkyl halides is 3. The molecule has 1 aromatic carbocycles. The summed E-state index contributed by atoms with van der Waals surface area (Å²) in [4.78, 5) is 22.8. The van der Waals surface area contributed by atoms with Gasteiger partial charge in [0.05, 0.1) is 18.4 Å². The number of methoxy groups -OCH3 is 1. The number of nitrogens with zero attached hydrogens (tertiary/aromatic N) is 3. The molecule has 0 amide bonds. The highest BCUT2D eigenvalue weighted by Crippen LogP contribution is 2.41. The Hall–Kier alpha value is -2.94. The third kappa shape index (κ3) is 2.66. The summed E-state index contributed by atoms with van der Waals surface area (Å²) in [5.74, 6) is -0.342. The van der Waals surface area contributed by atoms with Crippen LogP contribution in [0.2, 0.25) is 0 Å². The Kier molecular flexibility index (Phi) is 3.74. The predicted molar refractivity (Wildman–Crippen MR) is 90.6 cm³/mol. The van der Waals surface area contributed by atoms with Crippen LogP contribution in [0.3, 0.4) is 0 Å². The first kappa shape index (κ1) is 17.5. The number of carbonyl (C=O) groups is 1. The zero-order valence-corrected chi connectivity index (χ0v) is 14.1. The molecule has 1 saturated heterocycles. The van der Waals surface area contributed by atoms with Crippen LogP contribution in [-0.4, -0.2) is 41.0 Å². The number of aliphatic hydroxyl groups is 1. The smallest absolute Gasteiger partial charge is 0.416 e. The first-order valence-electron chi connectivity index (χ1n) is 8.09. The van der Waals surface area contributed by atoms with Crippen LogP contribution in [-0.2, 0) is 6.18 Å². The molecule has 2 aliphatic rings. The largest absolute Gasteiger partial charge is 0.481 e. The van der Waals surface area contributed by atoms with E-state index < -0.39 is 23.1 Å². The van der Waals surface area contributed by atoms with Crippen molar-refractivity contribution in [3.05, 3.63) is 47.7 Å². The number of pyridine rings is 1. The van der Waals surface area contributed by atoms with Crippen LogP contribution in [0.5, 0.6) is 5.88 Å². The highest BCUT2D eigenvalue weighted by molar-refractivity contribution is 6.28. The third-order valence-electron chi connectivity index (χ3n) is 4.73. The molecule has 1 aromatic heterocycles. The van der Waals surface area contributed by atoms with Gasteiger partial charge in [0.2, 0.25) is 11.7 Å². The molecule has 0 aliphatic carbocycles. The van der Waals surface area contributed by atoms with E-state index in [2.05, 4.69) is 9.98 Å². The number of hydrogen-bond donors (Lipinski definition) is 1. The van der Waals surface area contributed by atoms with Crippen molar-refractivity contribution in [2.75, 3.05) is 18.6 Å². The van der Waals surface area contributed by atoms with Crippen molar-refractivity contribution in [3.63, 3.8) is 0 Å². The monoisotopic (exact) mass is 377 g/mol. The first-order chi connectivity index (χ1) is 12.7. The molecule has 3 heterocycles. The second-order valence-corrected chi connectivity index (χ2v) is 6.31. The number of anilines is 1. The molecule has 6 nitrogen and oxygen atoms in total. The van der Waals surface area contributed by atoms with E-state index in [1.165, 1.54) is 13.3 Å². The number of halogens is 3. The Bertz CT molecular complexity index is 974. The average Bonchev–Trinajstić information content (AvgIpc) is 2.99. The molecule has 140 valence electrons. The number of benzene rings is 1. The van der Waals surface area contributed by atoms with E-state index in [4.69, 9.17) is 4.74 Å². The maximum absolute atomic E-state index is 13.0. The minimum Gasteiger partial charge on any atom is -0.481 e. The summed E-state index contributed by atoms with van der Waals surface area (Å²) in [6.45, 7) is 0.272. The van der Waals surface area contributed by atoms with E-state index in [0.717, 1.165) is 18.2 Å². The molecule has 0 spiro atoms. The van der Waals surface area contributed by atoms with Crippen LogP contribution < -0.4 is 9.64 Å². The van der Waals surface area contributed by atoms with Crippen molar-refractivity contribution in [1.82, 2.24) is 4.98 Å². The van der Waals surface area contributed by atoms with Crippen molar-refractivity contribution in [3.8, 4) is 5.88 Å². The van der Waals surface area contributed by atoms with Crippen LogP contribution in [0.1, 0.15) is 22.3 Å². The van der Waals surface area contributed by atoms with Gasteiger partial charge in [0.15, 0.2) is 5.60 Å². The topological polar surface area (TPSA) is 75.0 Å². The van der Waals surface area contributed by atoms with Crippen molar-refractivity contribution in [2.45, 2.75) is 18.2 Å². The van der Waals surface area contributed by atoms with Gasteiger partial charge in [-0.25, -0.2) is 9.98 Å². The van der Waals surface area contributed by atoms with Gasteiger partial charge in [0.25, 0.3) is 0 Å². The number of aliphatic imine (C=N–C) groups is 1. The summed E-state index contributed by atoms with van der Waals surface area (Å²) in [7, 11) is 1.46. The number of ether oxygens (including phenoxy) is 1. The number of carbonyl (C=O) groups excluding carboxylic acids is 1. The number of aromatic nitrogens is 1. The van der Waals surface area contributed by atoms with E-state index in [9.17, 15) is 23.1 Å². The fourth-order valence-electron chi connectivity index (χ4n) is 3.34. The van der Waals surface area contributed by atoms with Crippen LogP contribution >= 0.6 is 0 Å². The Labute approximate surface area is 151 Å². The number of Topliss-reactive ketones (excluding diaryl/α,β-unsaturated/α-hetero) is 1. The van der Waals surface area contributed by atoms with E-state index in [1.54, 1.807) is 17.0 Å².